The minimum Gasteiger partial charge on any atom is -0.444 e. The highest BCUT2D eigenvalue weighted by Crippen LogP contribution is 2.28. The third-order valence-corrected chi connectivity index (χ3v) is 5.23. The van der Waals surface area contributed by atoms with Crippen molar-refractivity contribution in [2.24, 2.45) is 0 Å². The van der Waals surface area contributed by atoms with Crippen LogP contribution in [0.2, 0.25) is 0 Å². The zero-order valence-corrected chi connectivity index (χ0v) is 15.2. The summed E-state index contributed by atoms with van der Waals surface area (Å²) in [6.07, 6.45) is 1.98. The summed E-state index contributed by atoms with van der Waals surface area (Å²) in [5, 5.41) is 2.12. The van der Waals surface area contributed by atoms with Crippen molar-refractivity contribution in [1.29, 1.82) is 0 Å². The maximum atomic E-state index is 12.3. The summed E-state index contributed by atoms with van der Waals surface area (Å²) in [4.78, 5) is 17.9. The molecule has 0 radical (unpaired) electrons. The Hall–Kier alpha value is -1.07. The standard InChI is InChI=1S/C17H28N2O2S/c1-13(15-9-7-11-22-15)18(5)14-8-6-10-19(12-14)16(20)21-17(2,3)4/h7,9,11,13-14H,6,8,10,12H2,1-5H3/t13-,14+/m0/s1. The predicted octanol–water partition coefficient (Wildman–Crippen LogP) is 4.14. The third kappa shape index (κ3) is 4.46. The van der Waals surface area contributed by atoms with Gasteiger partial charge in [-0.3, -0.25) is 4.90 Å². The van der Waals surface area contributed by atoms with Gasteiger partial charge < -0.3 is 9.64 Å². The Morgan fingerprint density at radius 1 is 1.50 bits per heavy atom. The molecule has 124 valence electrons. The van der Waals surface area contributed by atoms with Gasteiger partial charge in [-0.25, -0.2) is 4.79 Å². The van der Waals surface area contributed by atoms with Crippen molar-refractivity contribution in [2.45, 2.75) is 58.2 Å². The summed E-state index contributed by atoms with van der Waals surface area (Å²) in [7, 11) is 2.16. The van der Waals surface area contributed by atoms with Crippen LogP contribution in [0, 0.1) is 0 Å². The van der Waals surface area contributed by atoms with Crippen molar-refractivity contribution < 1.29 is 9.53 Å². The van der Waals surface area contributed by atoms with E-state index in [1.54, 1.807) is 11.3 Å². The van der Waals surface area contributed by atoms with Crippen molar-refractivity contribution in [3.8, 4) is 0 Å². The van der Waals surface area contributed by atoms with Crippen molar-refractivity contribution >= 4 is 17.4 Å². The lowest BCUT2D eigenvalue weighted by atomic mass is 10.0. The van der Waals surface area contributed by atoms with Crippen molar-refractivity contribution in [2.75, 3.05) is 20.1 Å². The summed E-state index contributed by atoms with van der Waals surface area (Å²) in [5.41, 5.74) is -0.430. The van der Waals surface area contributed by atoms with Crippen LogP contribution in [-0.2, 0) is 4.74 Å². The predicted molar refractivity (Wildman–Crippen MR) is 91.3 cm³/mol. The number of hydrogen-bond acceptors (Lipinski definition) is 4. The van der Waals surface area contributed by atoms with Crippen molar-refractivity contribution in [1.82, 2.24) is 9.80 Å². The van der Waals surface area contributed by atoms with E-state index in [1.165, 1.54) is 4.88 Å². The second-order valence-electron chi connectivity index (χ2n) is 7.08. The zero-order chi connectivity index (χ0) is 16.3. The molecule has 1 aromatic heterocycles. The van der Waals surface area contributed by atoms with Gasteiger partial charge in [0.15, 0.2) is 0 Å². The molecular weight excluding hydrogens is 296 g/mol. The highest BCUT2D eigenvalue weighted by molar-refractivity contribution is 7.10. The molecule has 1 amide bonds. The van der Waals surface area contributed by atoms with Crippen LogP contribution in [0.15, 0.2) is 17.5 Å². The molecule has 1 saturated heterocycles. The van der Waals surface area contributed by atoms with Gasteiger partial charge in [-0.05, 0) is 59.0 Å². The molecule has 0 aromatic carbocycles. The van der Waals surface area contributed by atoms with Crippen LogP contribution in [0.3, 0.4) is 0 Å². The first-order valence-electron chi connectivity index (χ1n) is 8.01. The minimum atomic E-state index is -0.430. The van der Waals surface area contributed by atoms with E-state index >= 15 is 0 Å². The van der Waals surface area contributed by atoms with E-state index in [0.29, 0.717) is 12.1 Å². The fourth-order valence-corrected chi connectivity index (χ4v) is 3.66. The molecule has 5 heteroatoms. The number of carbonyl (C=O) groups excluding carboxylic acids is 1. The Balaban J connectivity index is 1.96. The quantitative estimate of drug-likeness (QED) is 0.837. The van der Waals surface area contributed by atoms with Gasteiger partial charge in [0.25, 0.3) is 0 Å². The molecule has 1 fully saturated rings. The largest absolute Gasteiger partial charge is 0.444 e. The SMILES string of the molecule is C[C@@H](c1cccs1)N(C)[C@@H]1CCCN(C(=O)OC(C)(C)C)C1. The Kier molecular flexibility index (Phi) is 5.50. The lowest BCUT2D eigenvalue weighted by Gasteiger charge is -2.40. The first-order valence-corrected chi connectivity index (χ1v) is 8.89. The summed E-state index contributed by atoms with van der Waals surface area (Å²) in [6, 6.07) is 5.04. The molecule has 22 heavy (non-hydrogen) atoms. The fraction of sp³-hybridized carbons (Fsp3) is 0.706. The number of likely N-dealkylation sites (tertiary alicyclic amines) is 1. The van der Waals surface area contributed by atoms with E-state index < -0.39 is 5.60 Å². The van der Waals surface area contributed by atoms with Crippen LogP contribution in [0.5, 0.6) is 0 Å². The molecule has 2 heterocycles. The van der Waals surface area contributed by atoms with Crippen molar-refractivity contribution in [3.63, 3.8) is 0 Å². The second kappa shape index (κ2) is 7.01. The van der Waals surface area contributed by atoms with E-state index in [0.717, 1.165) is 25.9 Å². The molecule has 0 N–H and O–H groups in total. The molecule has 1 aromatic rings. The minimum absolute atomic E-state index is 0.186. The highest BCUT2D eigenvalue weighted by Gasteiger charge is 2.31. The topological polar surface area (TPSA) is 32.8 Å². The number of hydrogen-bond donors (Lipinski definition) is 0. The number of thiophene rings is 1. The van der Waals surface area contributed by atoms with Crippen LogP contribution >= 0.6 is 11.3 Å². The number of rotatable bonds is 3. The summed E-state index contributed by atoms with van der Waals surface area (Å²) in [6.45, 7) is 9.53. The highest BCUT2D eigenvalue weighted by atomic mass is 32.1. The molecule has 0 spiro atoms. The molecule has 2 rings (SSSR count). The first-order chi connectivity index (χ1) is 10.3. The van der Waals surface area contributed by atoms with Gasteiger partial charge in [0.2, 0.25) is 0 Å². The van der Waals surface area contributed by atoms with E-state index in [-0.39, 0.29) is 6.09 Å². The number of likely N-dealkylation sites (N-methyl/N-ethyl adjacent to an activating group) is 1. The van der Waals surface area contributed by atoms with Gasteiger partial charge in [-0.15, -0.1) is 11.3 Å². The Labute approximate surface area is 138 Å². The van der Waals surface area contributed by atoms with Gasteiger partial charge in [0.1, 0.15) is 5.60 Å². The van der Waals surface area contributed by atoms with Gasteiger partial charge in [0, 0.05) is 30.1 Å². The number of nitrogens with zero attached hydrogens (tertiary/aromatic N) is 2. The Morgan fingerprint density at radius 3 is 2.82 bits per heavy atom. The molecule has 0 unspecified atom stereocenters. The molecule has 2 atom stereocenters. The maximum Gasteiger partial charge on any atom is 0.410 e. The molecule has 0 aliphatic carbocycles. The van der Waals surface area contributed by atoms with E-state index in [9.17, 15) is 4.79 Å². The van der Waals surface area contributed by atoms with Gasteiger partial charge >= 0.3 is 6.09 Å². The smallest absolute Gasteiger partial charge is 0.410 e. The van der Waals surface area contributed by atoms with Crippen LogP contribution in [0.4, 0.5) is 4.79 Å². The summed E-state index contributed by atoms with van der Waals surface area (Å²) in [5.74, 6) is 0. The Morgan fingerprint density at radius 2 is 2.23 bits per heavy atom. The normalized spacial score (nSPS) is 21.0. The molecule has 4 nitrogen and oxygen atoms in total. The maximum absolute atomic E-state index is 12.3. The molecular formula is C17H28N2O2S. The molecule has 1 aliphatic rings. The number of carbonyl (C=O) groups is 1. The Bertz CT molecular complexity index is 481. The molecule has 0 bridgehead atoms. The third-order valence-electron chi connectivity index (χ3n) is 4.19. The monoisotopic (exact) mass is 324 g/mol. The number of ether oxygens (including phenoxy) is 1. The van der Waals surface area contributed by atoms with Crippen LogP contribution < -0.4 is 0 Å². The average molecular weight is 324 g/mol. The van der Waals surface area contributed by atoms with Gasteiger partial charge in [0.05, 0.1) is 0 Å². The van der Waals surface area contributed by atoms with Crippen molar-refractivity contribution in [3.05, 3.63) is 22.4 Å². The van der Waals surface area contributed by atoms with E-state index in [2.05, 4.69) is 36.4 Å². The average Bonchev–Trinajstić information content (AvgIpc) is 2.98. The fourth-order valence-electron chi connectivity index (χ4n) is 2.83. The lowest BCUT2D eigenvalue weighted by Crippen LogP contribution is -2.50. The number of amides is 1. The molecule has 1 aliphatic heterocycles. The van der Waals surface area contributed by atoms with Gasteiger partial charge in [-0.2, -0.15) is 0 Å². The van der Waals surface area contributed by atoms with Gasteiger partial charge in [-0.1, -0.05) is 6.07 Å². The summed E-state index contributed by atoms with van der Waals surface area (Å²) >= 11 is 1.79. The lowest BCUT2D eigenvalue weighted by molar-refractivity contribution is 0.00984. The number of piperidine rings is 1. The van der Waals surface area contributed by atoms with Crippen LogP contribution in [-0.4, -0.2) is 47.7 Å². The first kappa shape index (κ1) is 17.3. The van der Waals surface area contributed by atoms with E-state index in [4.69, 9.17) is 4.74 Å². The van der Waals surface area contributed by atoms with Crippen LogP contribution in [0.25, 0.3) is 0 Å². The van der Waals surface area contributed by atoms with E-state index in [1.807, 2.05) is 25.7 Å². The zero-order valence-electron chi connectivity index (χ0n) is 14.3. The summed E-state index contributed by atoms with van der Waals surface area (Å²) < 4.78 is 5.51. The second-order valence-corrected chi connectivity index (χ2v) is 8.06. The van der Waals surface area contributed by atoms with Crippen LogP contribution in [0.1, 0.15) is 51.5 Å². The molecule has 0 saturated carbocycles.